The highest BCUT2D eigenvalue weighted by Gasteiger charge is 2.33. The van der Waals surface area contributed by atoms with E-state index >= 15 is 0 Å². The molecule has 0 atom stereocenters. The maximum atomic E-state index is 12.0. The van der Waals surface area contributed by atoms with Crippen molar-refractivity contribution >= 4 is 29.0 Å². The number of piperidine rings is 1. The summed E-state index contributed by atoms with van der Waals surface area (Å²) in [6.07, 6.45) is 2.20. The van der Waals surface area contributed by atoms with Crippen LogP contribution in [0.1, 0.15) is 25.3 Å². The van der Waals surface area contributed by atoms with Crippen LogP contribution >= 0.6 is 0 Å². The predicted molar refractivity (Wildman–Crippen MR) is 105 cm³/mol. The van der Waals surface area contributed by atoms with Gasteiger partial charge >= 0.3 is 11.7 Å². The monoisotopic (exact) mass is 385 g/mol. The number of aryl methyl sites for hydroxylation is 1. The Morgan fingerprint density at radius 2 is 2.07 bits per heavy atom. The molecule has 28 heavy (non-hydrogen) atoms. The molecule has 0 amide bonds. The third kappa shape index (κ3) is 3.88. The highest BCUT2D eigenvalue weighted by molar-refractivity contribution is 5.77. The first-order valence-electron chi connectivity index (χ1n) is 9.23. The zero-order valence-corrected chi connectivity index (χ0v) is 15.9. The van der Waals surface area contributed by atoms with Gasteiger partial charge in [-0.05, 0) is 44.4 Å². The summed E-state index contributed by atoms with van der Waals surface area (Å²) >= 11 is 0. The van der Waals surface area contributed by atoms with Gasteiger partial charge in [-0.25, -0.2) is 9.97 Å². The Morgan fingerprint density at radius 1 is 1.36 bits per heavy atom. The summed E-state index contributed by atoms with van der Waals surface area (Å²) in [4.78, 5) is 34.7. The molecular weight excluding hydrogens is 362 g/mol. The third-order valence-electron chi connectivity index (χ3n) is 5.00. The van der Waals surface area contributed by atoms with Crippen molar-refractivity contribution in [2.24, 2.45) is 5.92 Å². The van der Waals surface area contributed by atoms with Crippen molar-refractivity contribution in [2.75, 3.05) is 29.4 Å². The van der Waals surface area contributed by atoms with Gasteiger partial charge < -0.3 is 14.9 Å². The van der Waals surface area contributed by atoms with Gasteiger partial charge in [0.1, 0.15) is 6.33 Å². The number of carbonyl (C=O) groups is 1. The molecule has 148 valence electrons. The van der Waals surface area contributed by atoms with Crippen molar-refractivity contribution in [3.8, 4) is 0 Å². The van der Waals surface area contributed by atoms with E-state index in [0.29, 0.717) is 32.5 Å². The van der Waals surface area contributed by atoms with Crippen LogP contribution in [0.25, 0.3) is 0 Å². The van der Waals surface area contributed by atoms with Gasteiger partial charge in [0.05, 0.1) is 10.8 Å². The van der Waals surface area contributed by atoms with Gasteiger partial charge in [-0.2, -0.15) is 0 Å². The number of anilines is 3. The first kappa shape index (κ1) is 19.5. The minimum absolute atomic E-state index is 0.153. The Kier molecular flexibility index (Phi) is 5.72. The minimum atomic E-state index is -0.825. The lowest BCUT2D eigenvalue weighted by molar-refractivity contribution is -0.383. The average Bonchev–Trinajstić information content (AvgIpc) is 2.68. The quantitative estimate of drug-likeness (QED) is 0.596. The molecular formula is C19H23N5O4. The molecule has 2 aromatic rings. The summed E-state index contributed by atoms with van der Waals surface area (Å²) in [5, 5.41) is 21.1. The lowest BCUT2D eigenvalue weighted by Crippen LogP contribution is -2.37. The number of rotatable bonds is 6. The zero-order chi connectivity index (χ0) is 20.3. The molecule has 2 heterocycles. The van der Waals surface area contributed by atoms with Gasteiger partial charge in [-0.1, -0.05) is 12.1 Å². The fourth-order valence-corrected chi connectivity index (χ4v) is 3.54. The van der Waals surface area contributed by atoms with Crippen LogP contribution in [0.3, 0.4) is 0 Å². The van der Waals surface area contributed by atoms with Crippen LogP contribution in [0.2, 0.25) is 0 Å². The van der Waals surface area contributed by atoms with Gasteiger partial charge in [-0.15, -0.1) is 0 Å². The summed E-state index contributed by atoms with van der Waals surface area (Å²) in [6, 6.07) is 7.70. The highest BCUT2D eigenvalue weighted by Crippen LogP contribution is 2.38. The zero-order valence-electron chi connectivity index (χ0n) is 15.9. The minimum Gasteiger partial charge on any atom is -0.481 e. The third-order valence-corrected chi connectivity index (χ3v) is 5.00. The summed E-state index contributed by atoms with van der Waals surface area (Å²) in [5.41, 5.74) is 1.71. The number of nitrogens with zero attached hydrogens (tertiary/aromatic N) is 5. The van der Waals surface area contributed by atoms with Crippen molar-refractivity contribution in [1.29, 1.82) is 0 Å². The SMILES string of the molecule is CCN(c1cccc(C)c1)c1ncnc(N2CCC(C(=O)O)CC2)c1[N+](=O)[O-]. The van der Waals surface area contributed by atoms with Gasteiger partial charge in [0.2, 0.25) is 11.6 Å². The first-order chi connectivity index (χ1) is 13.4. The second kappa shape index (κ2) is 8.20. The van der Waals surface area contributed by atoms with Crippen molar-refractivity contribution in [1.82, 2.24) is 9.97 Å². The second-order valence-corrected chi connectivity index (χ2v) is 6.81. The number of carboxylic acids is 1. The molecule has 0 radical (unpaired) electrons. The van der Waals surface area contributed by atoms with Crippen LogP contribution in [0, 0.1) is 23.0 Å². The van der Waals surface area contributed by atoms with Crippen molar-refractivity contribution < 1.29 is 14.8 Å². The van der Waals surface area contributed by atoms with Gasteiger partial charge in [0.25, 0.3) is 0 Å². The van der Waals surface area contributed by atoms with Crippen molar-refractivity contribution in [2.45, 2.75) is 26.7 Å². The van der Waals surface area contributed by atoms with Crippen LogP contribution in [0.15, 0.2) is 30.6 Å². The molecule has 1 fully saturated rings. The molecule has 0 aliphatic carbocycles. The maximum Gasteiger partial charge on any atom is 0.353 e. The molecule has 1 saturated heterocycles. The van der Waals surface area contributed by atoms with Crippen molar-refractivity contribution in [3.63, 3.8) is 0 Å². The van der Waals surface area contributed by atoms with Crippen LogP contribution < -0.4 is 9.80 Å². The summed E-state index contributed by atoms with van der Waals surface area (Å²) in [6.45, 7) is 5.19. The standard InChI is InChI=1S/C19H23N5O4/c1-3-23(15-6-4-5-13(2)11-15)18-16(24(27)28)17(20-12-21-18)22-9-7-14(8-10-22)19(25)26/h4-6,11-12,14H,3,7-10H2,1-2H3,(H,25,26). The number of benzene rings is 1. The molecule has 0 saturated carbocycles. The van der Waals surface area contributed by atoms with E-state index in [1.54, 1.807) is 9.80 Å². The largest absolute Gasteiger partial charge is 0.481 e. The van der Waals surface area contributed by atoms with Crippen molar-refractivity contribution in [3.05, 3.63) is 46.3 Å². The number of aliphatic carboxylic acids is 1. The van der Waals surface area contributed by atoms with Gasteiger partial charge in [0, 0.05) is 25.3 Å². The van der Waals surface area contributed by atoms with Crippen LogP contribution in [0.4, 0.5) is 23.0 Å². The number of aromatic nitrogens is 2. The van der Waals surface area contributed by atoms with E-state index < -0.39 is 16.8 Å². The molecule has 0 spiro atoms. The fraction of sp³-hybridized carbons (Fsp3) is 0.421. The normalized spacial score (nSPS) is 14.7. The molecule has 0 bridgehead atoms. The van der Waals surface area contributed by atoms with Crippen LogP contribution in [0.5, 0.6) is 0 Å². The Labute approximate surface area is 162 Å². The van der Waals surface area contributed by atoms with Gasteiger partial charge in [-0.3, -0.25) is 14.9 Å². The van der Waals surface area contributed by atoms with E-state index in [2.05, 4.69) is 9.97 Å². The smallest absolute Gasteiger partial charge is 0.353 e. The van der Waals surface area contributed by atoms with Crippen LogP contribution in [-0.2, 0) is 4.79 Å². The van der Waals surface area contributed by atoms with E-state index in [9.17, 15) is 20.0 Å². The topological polar surface area (TPSA) is 113 Å². The van der Waals surface area contributed by atoms with E-state index in [-0.39, 0.29) is 17.3 Å². The lowest BCUT2D eigenvalue weighted by Gasteiger charge is -2.31. The average molecular weight is 385 g/mol. The molecule has 9 nitrogen and oxygen atoms in total. The Hall–Kier alpha value is -3.23. The van der Waals surface area contributed by atoms with E-state index in [0.717, 1.165) is 11.3 Å². The maximum absolute atomic E-state index is 12.0. The lowest BCUT2D eigenvalue weighted by atomic mass is 9.97. The molecule has 1 aromatic heterocycles. The predicted octanol–water partition coefficient (Wildman–Crippen LogP) is 3.15. The Bertz CT molecular complexity index is 880. The summed E-state index contributed by atoms with van der Waals surface area (Å²) in [5.74, 6) is -0.765. The van der Waals surface area contributed by atoms with E-state index in [4.69, 9.17) is 0 Å². The summed E-state index contributed by atoms with van der Waals surface area (Å²) in [7, 11) is 0. The molecule has 9 heteroatoms. The van der Waals surface area contributed by atoms with E-state index in [1.165, 1.54) is 6.33 Å². The summed E-state index contributed by atoms with van der Waals surface area (Å²) < 4.78 is 0. The van der Waals surface area contributed by atoms with Crippen LogP contribution in [-0.4, -0.2) is 45.6 Å². The molecule has 0 unspecified atom stereocenters. The first-order valence-corrected chi connectivity index (χ1v) is 9.23. The highest BCUT2D eigenvalue weighted by atomic mass is 16.6. The molecule has 1 aliphatic heterocycles. The number of nitro groups is 1. The Balaban J connectivity index is 2.00. The Morgan fingerprint density at radius 3 is 2.64 bits per heavy atom. The van der Waals surface area contributed by atoms with Gasteiger partial charge in [0.15, 0.2) is 0 Å². The fourth-order valence-electron chi connectivity index (χ4n) is 3.54. The number of carboxylic acid groups (broad SMARTS) is 1. The molecule has 3 rings (SSSR count). The van der Waals surface area contributed by atoms with E-state index in [1.807, 2.05) is 38.1 Å². The molecule has 1 aliphatic rings. The molecule has 1 N–H and O–H groups in total. The molecule has 1 aromatic carbocycles. The second-order valence-electron chi connectivity index (χ2n) is 6.81. The number of hydrogen-bond donors (Lipinski definition) is 1. The number of hydrogen-bond acceptors (Lipinski definition) is 7.